The summed E-state index contributed by atoms with van der Waals surface area (Å²) in [4.78, 5) is 29.2. The molecular weight excluding hydrogens is 238 g/mol. The molecule has 1 saturated heterocycles. The minimum atomic E-state index is -0.607. The van der Waals surface area contributed by atoms with Crippen molar-refractivity contribution >= 4 is 23.2 Å². The van der Waals surface area contributed by atoms with Gasteiger partial charge in [0.05, 0.1) is 10.9 Å². The Balaban J connectivity index is 2.13. The van der Waals surface area contributed by atoms with Gasteiger partial charge in [-0.2, -0.15) is 0 Å². The van der Waals surface area contributed by atoms with Crippen LogP contribution in [0.3, 0.4) is 0 Å². The Labute approximate surface area is 104 Å². The number of hydrogen-bond acceptors (Lipinski definition) is 4. The largest absolute Gasteiger partial charge is 0.369 e. The number of thiazole rings is 1. The fourth-order valence-electron chi connectivity index (χ4n) is 2.09. The maximum atomic E-state index is 12.1. The van der Waals surface area contributed by atoms with E-state index in [0.717, 1.165) is 12.8 Å². The van der Waals surface area contributed by atoms with Crippen LogP contribution in [0.2, 0.25) is 0 Å². The summed E-state index contributed by atoms with van der Waals surface area (Å²) in [5, 5.41) is 1.72. The Kier molecular flexibility index (Phi) is 3.15. The van der Waals surface area contributed by atoms with Crippen molar-refractivity contribution < 1.29 is 9.59 Å². The van der Waals surface area contributed by atoms with Gasteiger partial charge in [-0.15, -0.1) is 11.3 Å². The second-order valence-electron chi connectivity index (χ2n) is 4.63. The number of nitrogens with two attached hydrogens (primary N) is 1. The van der Waals surface area contributed by atoms with E-state index < -0.39 is 5.41 Å². The summed E-state index contributed by atoms with van der Waals surface area (Å²) >= 11 is 1.39. The second kappa shape index (κ2) is 4.44. The molecule has 0 radical (unpaired) electrons. The van der Waals surface area contributed by atoms with Crippen LogP contribution in [0.1, 0.15) is 30.3 Å². The smallest absolute Gasteiger partial charge is 0.273 e. The van der Waals surface area contributed by atoms with Crippen LogP contribution in [-0.2, 0) is 4.79 Å². The van der Waals surface area contributed by atoms with Crippen LogP contribution in [-0.4, -0.2) is 34.8 Å². The maximum absolute atomic E-state index is 12.1. The Morgan fingerprint density at radius 3 is 2.94 bits per heavy atom. The number of rotatable bonds is 2. The molecule has 0 saturated carbocycles. The first-order chi connectivity index (χ1) is 8.03. The molecule has 1 aliphatic heterocycles. The molecule has 17 heavy (non-hydrogen) atoms. The summed E-state index contributed by atoms with van der Waals surface area (Å²) in [6, 6.07) is 0. The molecule has 92 valence electrons. The molecule has 2 heterocycles. The lowest BCUT2D eigenvalue weighted by Gasteiger charge is -2.37. The molecule has 5 nitrogen and oxygen atoms in total. The Morgan fingerprint density at radius 2 is 2.35 bits per heavy atom. The predicted molar refractivity (Wildman–Crippen MR) is 64.6 cm³/mol. The normalized spacial score (nSPS) is 24.6. The fraction of sp³-hybridized carbons (Fsp3) is 0.545. The highest BCUT2D eigenvalue weighted by Crippen LogP contribution is 2.29. The van der Waals surface area contributed by atoms with E-state index in [2.05, 4.69) is 4.98 Å². The van der Waals surface area contributed by atoms with E-state index in [1.165, 1.54) is 11.3 Å². The maximum Gasteiger partial charge on any atom is 0.273 e. The van der Waals surface area contributed by atoms with Crippen molar-refractivity contribution in [1.82, 2.24) is 9.88 Å². The molecule has 1 aromatic rings. The van der Waals surface area contributed by atoms with Crippen molar-refractivity contribution in [2.75, 3.05) is 13.1 Å². The van der Waals surface area contributed by atoms with E-state index >= 15 is 0 Å². The minimum absolute atomic E-state index is 0.113. The SMILES string of the molecule is C[C@@]1(C(N)=O)CCCN(C(=O)c2cscn2)C1. The molecule has 2 rings (SSSR count). The van der Waals surface area contributed by atoms with Gasteiger partial charge in [0.1, 0.15) is 5.69 Å². The van der Waals surface area contributed by atoms with E-state index in [1.807, 2.05) is 6.92 Å². The van der Waals surface area contributed by atoms with E-state index in [-0.39, 0.29) is 11.8 Å². The quantitative estimate of drug-likeness (QED) is 0.849. The number of likely N-dealkylation sites (tertiary alicyclic amines) is 1. The molecule has 1 aromatic heterocycles. The van der Waals surface area contributed by atoms with Crippen LogP contribution in [0.5, 0.6) is 0 Å². The second-order valence-corrected chi connectivity index (χ2v) is 5.35. The summed E-state index contributed by atoms with van der Waals surface area (Å²) in [6.07, 6.45) is 1.54. The lowest BCUT2D eigenvalue weighted by molar-refractivity contribution is -0.129. The van der Waals surface area contributed by atoms with E-state index in [0.29, 0.717) is 18.8 Å². The molecule has 0 unspecified atom stereocenters. The van der Waals surface area contributed by atoms with Gasteiger partial charge in [0.25, 0.3) is 5.91 Å². The third-order valence-electron chi connectivity index (χ3n) is 3.23. The average Bonchev–Trinajstić information content (AvgIpc) is 2.81. The number of hydrogen-bond donors (Lipinski definition) is 1. The molecule has 2 N–H and O–H groups in total. The highest BCUT2D eigenvalue weighted by atomic mass is 32.1. The van der Waals surface area contributed by atoms with Gasteiger partial charge in [0.2, 0.25) is 5.91 Å². The van der Waals surface area contributed by atoms with Gasteiger partial charge in [-0.25, -0.2) is 4.98 Å². The average molecular weight is 253 g/mol. The Bertz CT molecular complexity index is 432. The lowest BCUT2D eigenvalue weighted by Crippen LogP contribution is -2.50. The number of nitrogens with zero attached hydrogens (tertiary/aromatic N) is 2. The zero-order chi connectivity index (χ0) is 12.5. The van der Waals surface area contributed by atoms with E-state index in [4.69, 9.17) is 5.73 Å². The van der Waals surface area contributed by atoms with Gasteiger partial charge in [-0.1, -0.05) is 0 Å². The summed E-state index contributed by atoms with van der Waals surface area (Å²) in [5.41, 5.74) is 6.86. The van der Waals surface area contributed by atoms with Crippen molar-refractivity contribution in [2.24, 2.45) is 11.1 Å². The van der Waals surface area contributed by atoms with Gasteiger partial charge in [-0.3, -0.25) is 9.59 Å². The summed E-state index contributed by atoms with van der Waals surface area (Å²) in [6.45, 7) is 2.87. The molecule has 1 atom stereocenters. The Hall–Kier alpha value is -1.43. The zero-order valence-corrected chi connectivity index (χ0v) is 10.5. The first-order valence-corrected chi connectivity index (χ1v) is 6.44. The molecule has 1 fully saturated rings. The first kappa shape index (κ1) is 12.0. The van der Waals surface area contributed by atoms with Crippen LogP contribution in [0.4, 0.5) is 0 Å². The number of primary amides is 1. The molecule has 2 amide bonds. The van der Waals surface area contributed by atoms with Crippen LogP contribution in [0.25, 0.3) is 0 Å². The molecule has 0 spiro atoms. The topological polar surface area (TPSA) is 76.3 Å². The van der Waals surface area contributed by atoms with Gasteiger partial charge in [0, 0.05) is 18.5 Å². The van der Waals surface area contributed by atoms with Gasteiger partial charge in [-0.05, 0) is 19.8 Å². The molecule has 0 bridgehead atoms. The monoisotopic (exact) mass is 253 g/mol. The van der Waals surface area contributed by atoms with Crippen LogP contribution >= 0.6 is 11.3 Å². The van der Waals surface area contributed by atoms with Crippen LogP contribution in [0.15, 0.2) is 10.9 Å². The predicted octanol–water partition coefficient (Wildman–Crippen LogP) is 0.871. The minimum Gasteiger partial charge on any atom is -0.369 e. The molecular formula is C11H15N3O2S. The van der Waals surface area contributed by atoms with E-state index in [1.54, 1.807) is 15.8 Å². The summed E-state index contributed by atoms with van der Waals surface area (Å²) < 4.78 is 0. The van der Waals surface area contributed by atoms with Crippen molar-refractivity contribution in [3.63, 3.8) is 0 Å². The number of piperidine rings is 1. The first-order valence-electron chi connectivity index (χ1n) is 5.50. The van der Waals surface area contributed by atoms with Gasteiger partial charge < -0.3 is 10.6 Å². The van der Waals surface area contributed by atoms with Gasteiger partial charge >= 0.3 is 0 Å². The third kappa shape index (κ3) is 2.31. The van der Waals surface area contributed by atoms with Crippen LogP contribution < -0.4 is 5.73 Å². The molecule has 1 aliphatic rings. The van der Waals surface area contributed by atoms with Crippen molar-refractivity contribution in [3.05, 3.63) is 16.6 Å². The molecule has 6 heteroatoms. The lowest BCUT2D eigenvalue weighted by atomic mass is 9.81. The number of carbonyl (C=O) groups excluding carboxylic acids is 2. The standard InChI is InChI=1S/C11H15N3O2S/c1-11(10(12)16)3-2-4-14(6-11)9(15)8-5-17-7-13-8/h5,7H,2-4,6H2,1H3,(H2,12,16)/t11-/m1/s1. The molecule has 0 aromatic carbocycles. The van der Waals surface area contributed by atoms with Gasteiger partial charge in [0.15, 0.2) is 0 Å². The zero-order valence-electron chi connectivity index (χ0n) is 9.68. The number of amides is 2. The number of aromatic nitrogens is 1. The number of carbonyl (C=O) groups is 2. The Morgan fingerprint density at radius 1 is 1.59 bits per heavy atom. The fourth-order valence-corrected chi connectivity index (χ4v) is 2.62. The third-order valence-corrected chi connectivity index (χ3v) is 3.82. The van der Waals surface area contributed by atoms with Crippen molar-refractivity contribution in [1.29, 1.82) is 0 Å². The van der Waals surface area contributed by atoms with E-state index in [9.17, 15) is 9.59 Å². The summed E-state index contributed by atoms with van der Waals surface area (Å²) in [7, 11) is 0. The highest BCUT2D eigenvalue weighted by Gasteiger charge is 2.38. The van der Waals surface area contributed by atoms with Crippen molar-refractivity contribution in [2.45, 2.75) is 19.8 Å². The van der Waals surface area contributed by atoms with Crippen LogP contribution in [0, 0.1) is 5.41 Å². The van der Waals surface area contributed by atoms with Crippen molar-refractivity contribution in [3.8, 4) is 0 Å². The highest BCUT2D eigenvalue weighted by molar-refractivity contribution is 7.07. The molecule has 0 aliphatic carbocycles. The summed E-state index contributed by atoms with van der Waals surface area (Å²) in [5.74, 6) is -0.452.